The van der Waals surface area contributed by atoms with Crippen molar-refractivity contribution in [3.63, 3.8) is 0 Å². The predicted molar refractivity (Wildman–Crippen MR) is 84.8 cm³/mol. The summed E-state index contributed by atoms with van der Waals surface area (Å²) in [7, 11) is 0. The molecule has 2 nitrogen and oxygen atoms in total. The first-order chi connectivity index (χ1) is 9.97. The van der Waals surface area contributed by atoms with Gasteiger partial charge in [-0.15, -0.1) is 0 Å². The third kappa shape index (κ3) is 2.49. The van der Waals surface area contributed by atoms with Crippen LogP contribution in [0.5, 0.6) is 0 Å². The van der Waals surface area contributed by atoms with Crippen molar-refractivity contribution in [2.45, 2.75) is 26.2 Å². The molecular formula is C19H18O2. The quantitative estimate of drug-likeness (QED) is 0.620. The highest BCUT2D eigenvalue weighted by atomic mass is 16.3. The minimum absolute atomic E-state index is 0.0586. The van der Waals surface area contributed by atoms with Crippen molar-refractivity contribution in [1.29, 1.82) is 0 Å². The van der Waals surface area contributed by atoms with Crippen LogP contribution in [0.2, 0.25) is 0 Å². The SMILES string of the molecule is CC(C)(C)c1ccccc1C(=O)c1cc2ccccc2o1. The molecule has 0 fully saturated rings. The molecule has 3 rings (SSSR count). The minimum Gasteiger partial charge on any atom is -0.453 e. The summed E-state index contributed by atoms with van der Waals surface area (Å²) >= 11 is 0. The van der Waals surface area contributed by atoms with Gasteiger partial charge in [0.25, 0.3) is 0 Å². The number of furan rings is 1. The van der Waals surface area contributed by atoms with E-state index in [1.807, 2.05) is 54.6 Å². The number of carbonyl (C=O) groups excluding carboxylic acids is 1. The van der Waals surface area contributed by atoms with E-state index in [-0.39, 0.29) is 11.2 Å². The molecular weight excluding hydrogens is 260 g/mol. The molecule has 0 saturated carbocycles. The van der Waals surface area contributed by atoms with Crippen LogP contribution < -0.4 is 0 Å². The van der Waals surface area contributed by atoms with Gasteiger partial charge in [0.2, 0.25) is 5.78 Å². The van der Waals surface area contributed by atoms with Crippen LogP contribution >= 0.6 is 0 Å². The zero-order chi connectivity index (χ0) is 15.0. The number of fused-ring (bicyclic) bond motifs is 1. The monoisotopic (exact) mass is 278 g/mol. The fraction of sp³-hybridized carbons (Fsp3) is 0.211. The fourth-order valence-electron chi connectivity index (χ4n) is 2.56. The largest absolute Gasteiger partial charge is 0.453 e. The molecule has 0 bridgehead atoms. The molecule has 0 radical (unpaired) electrons. The van der Waals surface area contributed by atoms with Gasteiger partial charge in [-0.1, -0.05) is 63.2 Å². The predicted octanol–water partition coefficient (Wildman–Crippen LogP) is 4.96. The van der Waals surface area contributed by atoms with Crippen LogP contribution in [0.1, 0.15) is 42.5 Å². The first-order valence-electron chi connectivity index (χ1n) is 7.09. The molecule has 2 aromatic carbocycles. The van der Waals surface area contributed by atoms with E-state index in [1.54, 1.807) is 0 Å². The summed E-state index contributed by atoms with van der Waals surface area (Å²) in [5, 5.41) is 0.953. The molecule has 106 valence electrons. The van der Waals surface area contributed by atoms with Gasteiger partial charge < -0.3 is 4.42 Å². The molecule has 21 heavy (non-hydrogen) atoms. The molecule has 1 aromatic heterocycles. The molecule has 0 saturated heterocycles. The summed E-state index contributed by atoms with van der Waals surface area (Å²) < 4.78 is 5.70. The van der Waals surface area contributed by atoms with Gasteiger partial charge in [0.1, 0.15) is 5.58 Å². The molecule has 0 aliphatic carbocycles. The second-order valence-electron chi connectivity index (χ2n) is 6.27. The van der Waals surface area contributed by atoms with Crippen molar-refractivity contribution in [1.82, 2.24) is 0 Å². The zero-order valence-electron chi connectivity index (χ0n) is 12.5. The lowest BCUT2D eigenvalue weighted by Crippen LogP contribution is -2.17. The summed E-state index contributed by atoms with van der Waals surface area (Å²) in [6.07, 6.45) is 0. The van der Waals surface area contributed by atoms with Gasteiger partial charge in [0.05, 0.1) is 0 Å². The minimum atomic E-state index is -0.0851. The number of para-hydroxylation sites is 1. The number of rotatable bonds is 2. The third-order valence-electron chi connectivity index (χ3n) is 3.63. The highest BCUT2D eigenvalue weighted by Crippen LogP contribution is 2.29. The number of hydrogen-bond donors (Lipinski definition) is 0. The van der Waals surface area contributed by atoms with Crippen LogP contribution in [-0.2, 0) is 5.41 Å². The molecule has 0 aliphatic rings. The zero-order valence-corrected chi connectivity index (χ0v) is 12.5. The van der Waals surface area contributed by atoms with Gasteiger partial charge in [-0.25, -0.2) is 0 Å². The second kappa shape index (κ2) is 4.88. The average molecular weight is 278 g/mol. The lowest BCUT2D eigenvalue weighted by molar-refractivity contribution is 0.101. The lowest BCUT2D eigenvalue weighted by atomic mass is 9.82. The average Bonchev–Trinajstić information content (AvgIpc) is 2.89. The summed E-state index contributed by atoms with van der Waals surface area (Å²) in [5.41, 5.74) is 2.41. The molecule has 0 N–H and O–H groups in total. The molecule has 0 aliphatic heterocycles. The van der Waals surface area contributed by atoms with Crippen molar-refractivity contribution in [3.05, 3.63) is 71.5 Å². The maximum Gasteiger partial charge on any atom is 0.228 e. The maximum absolute atomic E-state index is 12.8. The van der Waals surface area contributed by atoms with Gasteiger partial charge in [-0.2, -0.15) is 0 Å². The highest BCUT2D eigenvalue weighted by molar-refractivity contribution is 6.10. The van der Waals surface area contributed by atoms with Crippen LogP contribution in [0.3, 0.4) is 0 Å². The van der Waals surface area contributed by atoms with Gasteiger partial charge in [0.15, 0.2) is 5.76 Å². The Kier molecular flexibility index (Phi) is 3.17. The van der Waals surface area contributed by atoms with Crippen LogP contribution in [0.15, 0.2) is 59.0 Å². The normalized spacial score (nSPS) is 11.8. The molecule has 1 heterocycles. The molecule has 0 spiro atoms. The fourth-order valence-corrected chi connectivity index (χ4v) is 2.56. The Bertz CT molecular complexity index is 771. The highest BCUT2D eigenvalue weighted by Gasteiger charge is 2.23. The molecule has 2 heteroatoms. The number of carbonyl (C=O) groups is 1. The Labute approximate surface area is 124 Å². The van der Waals surface area contributed by atoms with Crippen molar-refractivity contribution in [2.75, 3.05) is 0 Å². The van der Waals surface area contributed by atoms with Gasteiger partial charge in [-0.05, 0) is 23.1 Å². The summed E-state index contributed by atoms with van der Waals surface area (Å²) in [4.78, 5) is 12.8. The standard InChI is InChI=1S/C19H18O2/c1-19(2,3)15-10-6-5-9-14(15)18(20)17-12-13-8-4-7-11-16(13)21-17/h4-12H,1-3H3. The van der Waals surface area contributed by atoms with Gasteiger partial charge >= 0.3 is 0 Å². The van der Waals surface area contributed by atoms with Gasteiger partial charge in [-0.3, -0.25) is 4.79 Å². The Balaban J connectivity index is 2.10. The van der Waals surface area contributed by atoms with Crippen molar-refractivity contribution in [3.8, 4) is 0 Å². The molecule has 0 amide bonds. The Hall–Kier alpha value is -2.35. The Morgan fingerprint density at radius 1 is 0.952 bits per heavy atom. The molecule has 3 aromatic rings. The Morgan fingerprint density at radius 3 is 2.33 bits per heavy atom. The smallest absolute Gasteiger partial charge is 0.228 e. The summed E-state index contributed by atoms with van der Waals surface area (Å²) in [6, 6.07) is 17.2. The van der Waals surface area contributed by atoms with Crippen LogP contribution in [0.4, 0.5) is 0 Å². The number of benzene rings is 2. The number of ketones is 1. The maximum atomic E-state index is 12.8. The van der Waals surface area contributed by atoms with E-state index in [0.29, 0.717) is 11.3 Å². The van der Waals surface area contributed by atoms with Crippen molar-refractivity contribution in [2.24, 2.45) is 0 Å². The summed E-state index contributed by atoms with van der Waals surface area (Å²) in [6.45, 7) is 6.33. The number of hydrogen-bond acceptors (Lipinski definition) is 2. The first-order valence-corrected chi connectivity index (χ1v) is 7.09. The van der Waals surface area contributed by atoms with E-state index in [4.69, 9.17) is 4.42 Å². The van der Waals surface area contributed by atoms with Gasteiger partial charge in [0, 0.05) is 10.9 Å². The third-order valence-corrected chi connectivity index (χ3v) is 3.63. The van der Waals surface area contributed by atoms with E-state index in [0.717, 1.165) is 16.5 Å². The van der Waals surface area contributed by atoms with Crippen molar-refractivity contribution >= 4 is 16.8 Å². The topological polar surface area (TPSA) is 30.2 Å². The van der Waals surface area contributed by atoms with E-state index in [9.17, 15) is 4.79 Å². The molecule has 0 unspecified atom stereocenters. The summed E-state index contributed by atoms with van der Waals surface area (Å²) in [5.74, 6) is 0.338. The van der Waals surface area contributed by atoms with Crippen LogP contribution in [-0.4, -0.2) is 5.78 Å². The van der Waals surface area contributed by atoms with E-state index in [2.05, 4.69) is 20.8 Å². The van der Waals surface area contributed by atoms with E-state index < -0.39 is 0 Å². The van der Waals surface area contributed by atoms with Crippen LogP contribution in [0.25, 0.3) is 11.0 Å². The van der Waals surface area contributed by atoms with Crippen LogP contribution in [0, 0.1) is 0 Å². The Morgan fingerprint density at radius 2 is 1.62 bits per heavy atom. The first kappa shape index (κ1) is 13.6. The second-order valence-corrected chi connectivity index (χ2v) is 6.27. The van der Waals surface area contributed by atoms with E-state index in [1.165, 1.54) is 0 Å². The van der Waals surface area contributed by atoms with E-state index >= 15 is 0 Å². The lowest BCUT2D eigenvalue weighted by Gasteiger charge is -2.21. The van der Waals surface area contributed by atoms with Crippen molar-refractivity contribution < 1.29 is 9.21 Å². The molecule has 0 atom stereocenters.